The molecule has 1 amide bonds. The van der Waals surface area contributed by atoms with E-state index < -0.39 is 0 Å². The van der Waals surface area contributed by atoms with Gasteiger partial charge in [0.15, 0.2) is 23.2 Å². The Morgan fingerprint density at radius 1 is 1.14 bits per heavy atom. The summed E-state index contributed by atoms with van der Waals surface area (Å²) in [4.78, 5) is 16.5. The zero-order chi connectivity index (χ0) is 20.4. The number of hydrogen-bond acceptors (Lipinski definition) is 5. The van der Waals surface area contributed by atoms with Gasteiger partial charge in [0.25, 0.3) is 5.91 Å². The van der Waals surface area contributed by atoms with Gasteiger partial charge in [0.2, 0.25) is 0 Å². The molecule has 160 valence electrons. The molecule has 0 saturated heterocycles. The van der Waals surface area contributed by atoms with Gasteiger partial charge in [-0.25, -0.2) is 0 Å². The van der Waals surface area contributed by atoms with Crippen LogP contribution >= 0.6 is 24.0 Å². The van der Waals surface area contributed by atoms with Gasteiger partial charge in [0.05, 0.1) is 20.5 Å². The number of hydrogen-bond donors (Lipinski definition) is 3. The van der Waals surface area contributed by atoms with E-state index >= 15 is 0 Å². The molecule has 0 aliphatic heterocycles. The number of carbonyl (C=O) groups excluding carboxylic acids is 1. The lowest BCUT2D eigenvalue weighted by Crippen LogP contribution is -2.31. The number of halogens is 1. The van der Waals surface area contributed by atoms with Crippen LogP contribution in [0.15, 0.2) is 39.9 Å². The first-order valence-electron chi connectivity index (χ1n) is 9.18. The van der Waals surface area contributed by atoms with Crippen molar-refractivity contribution < 1.29 is 18.7 Å². The SMILES string of the molecule is CCNC(=NCCCNC(=O)c1occc1C)Nc1ccc(OC)c(OC)c1.I. The fourth-order valence-corrected chi connectivity index (χ4v) is 2.52. The van der Waals surface area contributed by atoms with Crippen molar-refractivity contribution in [1.82, 2.24) is 10.6 Å². The lowest BCUT2D eigenvalue weighted by molar-refractivity contribution is 0.0925. The first-order chi connectivity index (χ1) is 13.6. The summed E-state index contributed by atoms with van der Waals surface area (Å²) in [5, 5.41) is 9.26. The molecule has 2 aromatic rings. The Labute approximate surface area is 188 Å². The minimum absolute atomic E-state index is 0. The summed E-state index contributed by atoms with van der Waals surface area (Å²) in [6.45, 7) is 5.63. The maximum Gasteiger partial charge on any atom is 0.287 e. The standard InChI is InChI=1S/C20H28N4O4.HI/c1-5-21-20(24-15-7-8-16(26-3)17(13-15)27-4)23-11-6-10-22-19(25)18-14(2)9-12-28-18;/h7-9,12-13H,5-6,10-11H2,1-4H3,(H,22,25)(H2,21,23,24);1H. The number of ether oxygens (including phenoxy) is 2. The summed E-state index contributed by atoms with van der Waals surface area (Å²) in [7, 11) is 3.20. The van der Waals surface area contributed by atoms with Crippen LogP contribution in [-0.2, 0) is 0 Å². The van der Waals surface area contributed by atoms with Gasteiger partial charge in [-0.3, -0.25) is 9.79 Å². The Bertz CT molecular complexity index is 808. The Morgan fingerprint density at radius 3 is 2.52 bits per heavy atom. The fourth-order valence-electron chi connectivity index (χ4n) is 2.52. The molecule has 0 aliphatic rings. The zero-order valence-corrected chi connectivity index (χ0v) is 19.5. The molecule has 1 aromatic carbocycles. The Morgan fingerprint density at radius 2 is 1.90 bits per heavy atom. The number of furan rings is 1. The molecule has 0 fully saturated rings. The summed E-state index contributed by atoms with van der Waals surface area (Å²) in [6.07, 6.45) is 2.21. The summed E-state index contributed by atoms with van der Waals surface area (Å²) < 4.78 is 15.7. The molecule has 1 heterocycles. The Balaban J connectivity index is 0.00000420. The smallest absolute Gasteiger partial charge is 0.287 e. The molecule has 0 bridgehead atoms. The molecule has 8 nitrogen and oxygen atoms in total. The number of guanidine groups is 1. The van der Waals surface area contributed by atoms with E-state index in [1.165, 1.54) is 6.26 Å². The predicted molar refractivity (Wildman–Crippen MR) is 125 cm³/mol. The largest absolute Gasteiger partial charge is 0.493 e. The molecular formula is C20H29IN4O4. The minimum atomic E-state index is -0.207. The van der Waals surface area contributed by atoms with Crippen molar-refractivity contribution in [2.45, 2.75) is 20.3 Å². The third-order valence-corrected chi connectivity index (χ3v) is 3.95. The van der Waals surface area contributed by atoms with E-state index in [1.807, 2.05) is 32.0 Å². The van der Waals surface area contributed by atoms with E-state index in [-0.39, 0.29) is 29.9 Å². The number of benzene rings is 1. The fraction of sp³-hybridized carbons (Fsp3) is 0.400. The molecule has 9 heteroatoms. The number of aliphatic imine (C=N–C) groups is 1. The molecular weight excluding hydrogens is 487 g/mol. The van der Waals surface area contributed by atoms with Gasteiger partial charge in [-0.15, -0.1) is 24.0 Å². The van der Waals surface area contributed by atoms with Crippen molar-refractivity contribution in [3.63, 3.8) is 0 Å². The van der Waals surface area contributed by atoms with Gasteiger partial charge in [-0.05, 0) is 38.5 Å². The van der Waals surface area contributed by atoms with Crippen molar-refractivity contribution in [2.24, 2.45) is 4.99 Å². The summed E-state index contributed by atoms with van der Waals surface area (Å²) >= 11 is 0. The second kappa shape index (κ2) is 12.9. The minimum Gasteiger partial charge on any atom is -0.493 e. The topological polar surface area (TPSA) is 97.1 Å². The molecule has 0 saturated carbocycles. The average molecular weight is 516 g/mol. The number of nitrogens with zero attached hydrogens (tertiary/aromatic N) is 1. The Hall–Kier alpha value is -2.43. The summed E-state index contributed by atoms with van der Waals surface area (Å²) in [5.74, 6) is 2.11. The predicted octanol–water partition coefficient (Wildman–Crippen LogP) is 3.42. The van der Waals surface area contributed by atoms with E-state index in [9.17, 15) is 4.79 Å². The van der Waals surface area contributed by atoms with Crippen molar-refractivity contribution in [1.29, 1.82) is 0 Å². The van der Waals surface area contributed by atoms with E-state index in [4.69, 9.17) is 13.9 Å². The maximum absolute atomic E-state index is 12.0. The number of anilines is 1. The van der Waals surface area contributed by atoms with Crippen LogP contribution in [-0.4, -0.2) is 45.7 Å². The normalized spacial score (nSPS) is 10.7. The highest BCUT2D eigenvalue weighted by atomic mass is 127. The van der Waals surface area contributed by atoms with E-state index in [1.54, 1.807) is 20.3 Å². The van der Waals surface area contributed by atoms with Crippen LogP contribution in [0.1, 0.15) is 29.5 Å². The molecule has 0 radical (unpaired) electrons. The highest BCUT2D eigenvalue weighted by Crippen LogP contribution is 2.29. The van der Waals surface area contributed by atoms with Gasteiger partial charge < -0.3 is 29.8 Å². The highest BCUT2D eigenvalue weighted by molar-refractivity contribution is 14.0. The van der Waals surface area contributed by atoms with Crippen LogP contribution < -0.4 is 25.4 Å². The molecule has 2 rings (SSSR count). The van der Waals surface area contributed by atoms with Crippen LogP contribution in [0.2, 0.25) is 0 Å². The van der Waals surface area contributed by atoms with Gasteiger partial charge in [-0.1, -0.05) is 0 Å². The second-order valence-corrected chi connectivity index (χ2v) is 6.00. The first-order valence-corrected chi connectivity index (χ1v) is 9.18. The molecule has 0 spiro atoms. The number of carbonyl (C=O) groups is 1. The molecule has 3 N–H and O–H groups in total. The maximum atomic E-state index is 12.0. The summed E-state index contributed by atoms with van der Waals surface area (Å²) in [5.41, 5.74) is 1.66. The number of amides is 1. The van der Waals surface area contributed by atoms with Gasteiger partial charge >= 0.3 is 0 Å². The van der Waals surface area contributed by atoms with Crippen molar-refractivity contribution in [3.8, 4) is 11.5 Å². The van der Waals surface area contributed by atoms with E-state index in [0.717, 1.165) is 17.8 Å². The zero-order valence-electron chi connectivity index (χ0n) is 17.2. The van der Waals surface area contributed by atoms with Gasteiger partial charge in [-0.2, -0.15) is 0 Å². The van der Waals surface area contributed by atoms with Crippen molar-refractivity contribution in [2.75, 3.05) is 39.2 Å². The highest BCUT2D eigenvalue weighted by Gasteiger charge is 2.11. The molecule has 29 heavy (non-hydrogen) atoms. The Kier molecular flexibility index (Phi) is 11.0. The van der Waals surface area contributed by atoms with Gasteiger partial charge in [0, 0.05) is 37.0 Å². The third-order valence-electron chi connectivity index (χ3n) is 3.95. The van der Waals surface area contributed by atoms with Crippen LogP contribution in [0.5, 0.6) is 11.5 Å². The second-order valence-electron chi connectivity index (χ2n) is 6.00. The lowest BCUT2D eigenvalue weighted by atomic mass is 10.2. The van der Waals surface area contributed by atoms with Crippen LogP contribution in [0.25, 0.3) is 0 Å². The lowest BCUT2D eigenvalue weighted by Gasteiger charge is -2.14. The van der Waals surface area contributed by atoms with Crippen LogP contribution in [0, 0.1) is 6.92 Å². The van der Waals surface area contributed by atoms with Crippen molar-refractivity contribution in [3.05, 3.63) is 41.9 Å². The van der Waals surface area contributed by atoms with Gasteiger partial charge in [0.1, 0.15) is 0 Å². The molecule has 0 atom stereocenters. The van der Waals surface area contributed by atoms with E-state index in [0.29, 0.717) is 42.7 Å². The van der Waals surface area contributed by atoms with E-state index in [2.05, 4.69) is 20.9 Å². The first kappa shape index (κ1) is 24.6. The number of nitrogens with one attached hydrogen (secondary N) is 3. The summed E-state index contributed by atoms with van der Waals surface area (Å²) in [6, 6.07) is 7.33. The quantitative estimate of drug-likeness (QED) is 0.205. The van der Waals surface area contributed by atoms with Crippen molar-refractivity contribution >= 4 is 41.5 Å². The monoisotopic (exact) mass is 516 g/mol. The number of aryl methyl sites for hydroxylation is 1. The number of rotatable bonds is 9. The molecule has 0 unspecified atom stereocenters. The average Bonchev–Trinajstić information content (AvgIpc) is 3.13. The number of methoxy groups -OCH3 is 2. The molecule has 1 aromatic heterocycles. The third kappa shape index (κ3) is 7.48. The van der Waals surface area contributed by atoms with Crippen LogP contribution in [0.4, 0.5) is 5.69 Å². The molecule has 0 aliphatic carbocycles. The van der Waals surface area contributed by atoms with Crippen LogP contribution in [0.3, 0.4) is 0 Å².